The maximum Gasteiger partial charge on any atom is 0.290 e. The average Bonchev–Trinajstić information content (AvgIpc) is 3.08. The Morgan fingerprint density at radius 3 is 2.61 bits per heavy atom. The van der Waals surface area contributed by atoms with E-state index in [4.69, 9.17) is 4.74 Å². The standard InChI is InChI=1S/C24H25N3O4/c28-20(9-8-18-5-2-1-3-6-18)21-22(19-7-4-10-25-17-19)27(24(30)23(21)29)12-11-26-13-15-31-16-14-26/h1-10,17,22,29H,11-16H2/b9-8+/t22-/m1/s1. The zero-order valence-electron chi connectivity index (χ0n) is 17.2. The van der Waals surface area contributed by atoms with Crippen LogP contribution in [-0.2, 0) is 14.3 Å². The fraction of sp³-hybridized carbons (Fsp3) is 0.292. The lowest BCUT2D eigenvalue weighted by atomic mass is 9.96. The lowest BCUT2D eigenvalue weighted by Gasteiger charge is -2.31. The first kappa shape index (κ1) is 21.0. The lowest BCUT2D eigenvalue weighted by Crippen LogP contribution is -2.43. The second-order valence-corrected chi connectivity index (χ2v) is 7.51. The van der Waals surface area contributed by atoms with Crippen molar-refractivity contribution in [3.63, 3.8) is 0 Å². The number of rotatable bonds is 7. The van der Waals surface area contributed by atoms with E-state index in [1.165, 1.54) is 6.08 Å². The van der Waals surface area contributed by atoms with Gasteiger partial charge in [-0.1, -0.05) is 42.5 Å². The molecule has 2 aliphatic heterocycles. The molecule has 1 saturated heterocycles. The third-order valence-electron chi connectivity index (χ3n) is 5.56. The average molecular weight is 419 g/mol. The number of hydrogen-bond acceptors (Lipinski definition) is 6. The van der Waals surface area contributed by atoms with E-state index >= 15 is 0 Å². The Bertz CT molecular complexity index is 982. The predicted octanol–water partition coefficient (Wildman–Crippen LogP) is 2.39. The molecule has 1 aromatic carbocycles. The molecule has 0 spiro atoms. The molecule has 1 atom stereocenters. The first-order valence-electron chi connectivity index (χ1n) is 10.4. The van der Waals surface area contributed by atoms with Crippen LogP contribution in [0.3, 0.4) is 0 Å². The van der Waals surface area contributed by atoms with E-state index in [0.29, 0.717) is 31.9 Å². The molecule has 1 aromatic heterocycles. The number of carbonyl (C=O) groups is 2. The second-order valence-electron chi connectivity index (χ2n) is 7.51. The Balaban J connectivity index is 1.59. The van der Waals surface area contributed by atoms with Crippen LogP contribution in [0, 0.1) is 0 Å². The van der Waals surface area contributed by atoms with E-state index < -0.39 is 23.5 Å². The SMILES string of the molecule is O=C(/C=C/c1ccccc1)C1=C(O)C(=O)N(CCN2CCOCC2)[C@@H]1c1cccnc1. The molecule has 4 rings (SSSR count). The highest BCUT2D eigenvalue weighted by Crippen LogP contribution is 2.37. The van der Waals surface area contributed by atoms with Crippen LogP contribution < -0.4 is 0 Å². The van der Waals surface area contributed by atoms with Gasteiger partial charge in [0, 0.05) is 38.6 Å². The summed E-state index contributed by atoms with van der Waals surface area (Å²) >= 11 is 0. The number of nitrogens with zero attached hydrogens (tertiary/aromatic N) is 3. The summed E-state index contributed by atoms with van der Waals surface area (Å²) in [6.07, 6.45) is 6.36. The molecular weight excluding hydrogens is 394 g/mol. The van der Waals surface area contributed by atoms with E-state index in [2.05, 4.69) is 9.88 Å². The van der Waals surface area contributed by atoms with Crippen LogP contribution in [0.25, 0.3) is 6.08 Å². The van der Waals surface area contributed by atoms with Gasteiger partial charge in [0.1, 0.15) is 0 Å². The molecule has 2 aliphatic rings. The molecule has 0 bridgehead atoms. The van der Waals surface area contributed by atoms with Crippen molar-refractivity contribution in [3.8, 4) is 0 Å². The lowest BCUT2D eigenvalue weighted by molar-refractivity contribution is -0.129. The summed E-state index contributed by atoms with van der Waals surface area (Å²) < 4.78 is 5.38. The number of morpholine rings is 1. The van der Waals surface area contributed by atoms with Crippen molar-refractivity contribution < 1.29 is 19.4 Å². The topological polar surface area (TPSA) is 83.0 Å². The highest BCUT2D eigenvalue weighted by molar-refractivity contribution is 6.14. The number of pyridine rings is 1. The molecule has 1 amide bonds. The van der Waals surface area contributed by atoms with Crippen molar-refractivity contribution >= 4 is 17.8 Å². The Morgan fingerprint density at radius 1 is 1.13 bits per heavy atom. The summed E-state index contributed by atoms with van der Waals surface area (Å²) in [6.45, 7) is 3.95. The molecule has 3 heterocycles. The first-order valence-corrected chi connectivity index (χ1v) is 10.4. The summed E-state index contributed by atoms with van der Waals surface area (Å²) in [5.41, 5.74) is 1.65. The van der Waals surface area contributed by atoms with Crippen molar-refractivity contribution in [3.05, 3.63) is 83.4 Å². The third kappa shape index (κ3) is 4.73. The van der Waals surface area contributed by atoms with Crippen LogP contribution in [0.5, 0.6) is 0 Å². The van der Waals surface area contributed by atoms with Gasteiger partial charge >= 0.3 is 0 Å². The molecule has 0 unspecified atom stereocenters. The molecule has 7 nitrogen and oxygen atoms in total. The Kier molecular flexibility index (Phi) is 6.54. The minimum Gasteiger partial charge on any atom is -0.503 e. The van der Waals surface area contributed by atoms with Crippen molar-refractivity contribution in [2.75, 3.05) is 39.4 Å². The predicted molar refractivity (Wildman–Crippen MR) is 116 cm³/mol. The van der Waals surface area contributed by atoms with Gasteiger partial charge in [0.05, 0.1) is 24.8 Å². The van der Waals surface area contributed by atoms with Crippen LogP contribution in [0.4, 0.5) is 0 Å². The summed E-state index contributed by atoms with van der Waals surface area (Å²) in [5, 5.41) is 10.6. The number of benzene rings is 1. The molecule has 7 heteroatoms. The number of ether oxygens (including phenoxy) is 1. The minimum absolute atomic E-state index is 0.0900. The van der Waals surface area contributed by atoms with Crippen molar-refractivity contribution in [1.82, 2.24) is 14.8 Å². The van der Waals surface area contributed by atoms with E-state index in [-0.39, 0.29) is 5.57 Å². The van der Waals surface area contributed by atoms with Gasteiger partial charge in [0.15, 0.2) is 11.5 Å². The molecule has 0 saturated carbocycles. The molecular formula is C24H25N3O4. The molecule has 31 heavy (non-hydrogen) atoms. The molecule has 160 valence electrons. The first-order chi connectivity index (χ1) is 15.1. The molecule has 0 aliphatic carbocycles. The van der Waals surface area contributed by atoms with Gasteiger partial charge in [-0.25, -0.2) is 0 Å². The number of aliphatic hydroxyl groups excluding tert-OH is 1. The maximum absolute atomic E-state index is 13.1. The van der Waals surface area contributed by atoms with Crippen molar-refractivity contribution in [2.45, 2.75) is 6.04 Å². The van der Waals surface area contributed by atoms with Crippen LogP contribution in [-0.4, -0.2) is 71.0 Å². The van der Waals surface area contributed by atoms with Crippen molar-refractivity contribution in [2.24, 2.45) is 0 Å². The highest BCUT2D eigenvalue weighted by Gasteiger charge is 2.42. The van der Waals surface area contributed by atoms with E-state index in [1.807, 2.05) is 36.4 Å². The third-order valence-corrected chi connectivity index (χ3v) is 5.56. The minimum atomic E-state index is -0.671. The zero-order chi connectivity index (χ0) is 21.6. The normalized spacial score (nSPS) is 20.1. The number of carbonyl (C=O) groups excluding carboxylic acids is 2. The van der Waals surface area contributed by atoms with Crippen molar-refractivity contribution in [1.29, 1.82) is 0 Å². The van der Waals surface area contributed by atoms with Gasteiger partial charge in [-0.2, -0.15) is 0 Å². The zero-order valence-corrected chi connectivity index (χ0v) is 17.2. The fourth-order valence-electron chi connectivity index (χ4n) is 3.92. The van der Waals surface area contributed by atoms with Crippen LogP contribution in [0.15, 0.2) is 72.3 Å². The van der Waals surface area contributed by atoms with E-state index in [0.717, 1.165) is 18.7 Å². The summed E-state index contributed by atoms with van der Waals surface area (Å²) in [5.74, 6) is -1.41. The Labute approximate surface area is 181 Å². The van der Waals surface area contributed by atoms with Gasteiger partial charge in [0.2, 0.25) is 0 Å². The Morgan fingerprint density at radius 2 is 1.90 bits per heavy atom. The number of aliphatic hydroxyl groups is 1. The number of aromatic nitrogens is 1. The van der Waals surface area contributed by atoms with E-state index in [1.54, 1.807) is 29.4 Å². The smallest absolute Gasteiger partial charge is 0.290 e. The molecule has 1 fully saturated rings. The monoisotopic (exact) mass is 419 g/mol. The van der Waals surface area contributed by atoms with Crippen LogP contribution >= 0.6 is 0 Å². The van der Waals surface area contributed by atoms with Gasteiger partial charge in [-0.3, -0.25) is 19.5 Å². The van der Waals surface area contributed by atoms with Crippen LogP contribution in [0.1, 0.15) is 17.2 Å². The largest absolute Gasteiger partial charge is 0.503 e. The summed E-state index contributed by atoms with van der Waals surface area (Å²) in [6, 6.07) is 12.3. The fourth-order valence-corrected chi connectivity index (χ4v) is 3.92. The number of amides is 1. The highest BCUT2D eigenvalue weighted by atomic mass is 16.5. The van der Waals surface area contributed by atoms with E-state index in [9.17, 15) is 14.7 Å². The molecule has 2 aromatic rings. The summed E-state index contributed by atoms with van der Waals surface area (Å²) in [4.78, 5) is 33.9. The summed E-state index contributed by atoms with van der Waals surface area (Å²) in [7, 11) is 0. The molecule has 1 N–H and O–H groups in total. The number of ketones is 1. The second kappa shape index (κ2) is 9.68. The molecule has 0 radical (unpaired) electrons. The van der Waals surface area contributed by atoms with Gasteiger partial charge < -0.3 is 14.7 Å². The Hall–Kier alpha value is -3.29. The number of hydrogen-bond donors (Lipinski definition) is 1. The van der Waals surface area contributed by atoms with Gasteiger partial charge in [-0.05, 0) is 23.3 Å². The van der Waals surface area contributed by atoms with Crippen LogP contribution in [0.2, 0.25) is 0 Å². The maximum atomic E-state index is 13.1. The number of allylic oxidation sites excluding steroid dienone is 1. The quantitative estimate of drug-likeness (QED) is 0.694. The van der Waals surface area contributed by atoms with Gasteiger partial charge in [0.25, 0.3) is 5.91 Å². The van der Waals surface area contributed by atoms with Gasteiger partial charge in [-0.15, -0.1) is 0 Å².